The molecule has 36 heavy (non-hydrogen) atoms. The van der Waals surface area contributed by atoms with Crippen LogP contribution in [0.3, 0.4) is 0 Å². The molecule has 1 aliphatic heterocycles. The highest BCUT2D eigenvalue weighted by molar-refractivity contribution is 7.89. The number of alkyl halides is 3. The quantitative estimate of drug-likeness (QED) is 0.494. The minimum atomic E-state index is -4.49. The number of pyridine rings is 2. The van der Waals surface area contributed by atoms with Gasteiger partial charge in [-0.1, -0.05) is 6.92 Å². The van der Waals surface area contributed by atoms with E-state index < -0.39 is 39.5 Å². The monoisotopic (exact) mass is 522 g/mol. The van der Waals surface area contributed by atoms with Crippen molar-refractivity contribution in [1.82, 2.24) is 19.6 Å². The Bertz CT molecular complexity index is 1350. The van der Waals surface area contributed by atoms with Gasteiger partial charge >= 0.3 is 6.18 Å². The van der Waals surface area contributed by atoms with Crippen LogP contribution in [0.25, 0.3) is 11.3 Å². The Morgan fingerprint density at radius 2 is 1.83 bits per heavy atom. The van der Waals surface area contributed by atoms with Crippen LogP contribution in [0.5, 0.6) is 0 Å². The van der Waals surface area contributed by atoms with Crippen molar-refractivity contribution in [2.24, 2.45) is 5.92 Å². The van der Waals surface area contributed by atoms with Gasteiger partial charge in [0.05, 0.1) is 28.4 Å². The minimum absolute atomic E-state index is 0.0252. The van der Waals surface area contributed by atoms with Crippen LogP contribution in [0.4, 0.5) is 17.6 Å². The van der Waals surface area contributed by atoms with Gasteiger partial charge in [0.25, 0.3) is 0 Å². The molecule has 0 radical (unpaired) electrons. The second-order valence-electron chi connectivity index (χ2n) is 8.57. The SMILES string of the molecule is C[C@@H]1C[C@@H](C(=O)NCc2cc(-c3ccc(C(F)(F)F)cn3)ccn2)N(S(=O)(=O)c2ccc(F)cc2)C1. The Labute approximate surface area is 205 Å². The third kappa shape index (κ3) is 5.54. The summed E-state index contributed by atoms with van der Waals surface area (Å²) in [5.41, 5.74) is 0.373. The Hall–Kier alpha value is -3.38. The number of carbonyl (C=O) groups excluding carboxylic acids is 1. The summed E-state index contributed by atoms with van der Waals surface area (Å²) in [5.74, 6) is -1.15. The first-order valence-corrected chi connectivity index (χ1v) is 12.4. The number of rotatable bonds is 6. The molecule has 2 atom stereocenters. The number of benzene rings is 1. The van der Waals surface area contributed by atoms with E-state index in [1.54, 1.807) is 12.1 Å². The van der Waals surface area contributed by atoms with E-state index >= 15 is 0 Å². The predicted molar refractivity (Wildman–Crippen MR) is 122 cm³/mol. The maximum Gasteiger partial charge on any atom is 0.417 e. The van der Waals surface area contributed by atoms with Crippen LogP contribution in [0.2, 0.25) is 0 Å². The maximum atomic E-state index is 13.3. The number of aromatic nitrogens is 2. The van der Waals surface area contributed by atoms with E-state index in [4.69, 9.17) is 0 Å². The number of nitrogens with one attached hydrogen (secondary N) is 1. The van der Waals surface area contributed by atoms with E-state index in [-0.39, 0.29) is 23.9 Å². The zero-order valence-corrected chi connectivity index (χ0v) is 19.9. The molecule has 1 aliphatic rings. The van der Waals surface area contributed by atoms with E-state index in [1.165, 1.54) is 12.3 Å². The summed E-state index contributed by atoms with van der Waals surface area (Å²) in [6, 6.07) is 8.81. The fourth-order valence-electron chi connectivity index (χ4n) is 4.02. The van der Waals surface area contributed by atoms with E-state index in [0.29, 0.717) is 23.4 Å². The Kier molecular flexibility index (Phi) is 7.10. The van der Waals surface area contributed by atoms with Crippen molar-refractivity contribution in [3.05, 3.63) is 78.0 Å². The molecule has 0 unspecified atom stereocenters. The average molecular weight is 523 g/mol. The predicted octanol–water partition coefficient (Wildman–Crippen LogP) is 4.02. The highest BCUT2D eigenvalue weighted by Gasteiger charge is 2.42. The number of hydrogen-bond donors (Lipinski definition) is 1. The molecular formula is C24H22F4N4O3S. The number of sulfonamides is 1. The van der Waals surface area contributed by atoms with Crippen LogP contribution in [0, 0.1) is 11.7 Å². The zero-order valence-electron chi connectivity index (χ0n) is 19.0. The molecule has 1 N–H and O–H groups in total. The molecule has 7 nitrogen and oxygen atoms in total. The lowest BCUT2D eigenvalue weighted by Crippen LogP contribution is -2.45. The molecule has 0 saturated carbocycles. The second kappa shape index (κ2) is 9.94. The molecular weight excluding hydrogens is 500 g/mol. The molecule has 4 rings (SSSR count). The number of halogens is 4. The van der Waals surface area contributed by atoms with Crippen molar-refractivity contribution < 1.29 is 30.8 Å². The third-order valence-electron chi connectivity index (χ3n) is 5.83. The topological polar surface area (TPSA) is 92.3 Å². The second-order valence-corrected chi connectivity index (χ2v) is 10.5. The van der Waals surface area contributed by atoms with Crippen LogP contribution in [-0.4, -0.2) is 41.2 Å². The molecule has 0 aliphatic carbocycles. The van der Waals surface area contributed by atoms with Crippen LogP contribution < -0.4 is 5.32 Å². The van der Waals surface area contributed by atoms with Gasteiger partial charge in [0, 0.05) is 24.5 Å². The summed E-state index contributed by atoms with van der Waals surface area (Å²) in [5, 5.41) is 2.70. The molecule has 0 bridgehead atoms. The largest absolute Gasteiger partial charge is 0.417 e. The molecule has 0 spiro atoms. The van der Waals surface area contributed by atoms with E-state index in [0.717, 1.165) is 40.8 Å². The van der Waals surface area contributed by atoms with Crippen molar-refractivity contribution in [2.45, 2.75) is 37.0 Å². The first kappa shape index (κ1) is 25.7. The standard InChI is InChI=1S/C24H22F4N4O3S/c1-15-10-22(32(14-15)36(34,35)20-5-3-18(25)4-6-20)23(33)31-13-19-11-16(8-9-29-19)21-7-2-17(12-30-21)24(26,27)28/h2-9,11-12,15,22H,10,13-14H2,1H3,(H,31,33)/t15-,22+/m1/s1. The minimum Gasteiger partial charge on any atom is -0.349 e. The Morgan fingerprint density at radius 3 is 2.47 bits per heavy atom. The van der Waals surface area contributed by atoms with Crippen LogP contribution in [0.1, 0.15) is 24.6 Å². The third-order valence-corrected chi connectivity index (χ3v) is 7.72. The molecule has 12 heteroatoms. The van der Waals surface area contributed by atoms with Gasteiger partial charge in [-0.3, -0.25) is 14.8 Å². The molecule has 1 aromatic carbocycles. The molecule has 3 aromatic rings. The summed E-state index contributed by atoms with van der Waals surface area (Å²) in [7, 11) is -4.02. The summed E-state index contributed by atoms with van der Waals surface area (Å²) < 4.78 is 78.9. The van der Waals surface area contributed by atoms with Gasteiger partial charge in [-0.05, 0) is 60.9 Å². The molecule has 3 heterocycles. The highest BCUT2D eigenvalue weighted by Crippen LogP contribution is 2.31. The van der Waals surface area contributed by atoms with Crippen molar-refractivity contribution >= 4 is 15.9 Å². The van der Waals surface area contributed by atoms with Gasteiger partial charge in [0.15, 0.2) is 0 Å². The van der Waals surface area contributed by atoms with Gasteiger partial charge in [-0.15, -0.1) is 0 Å². The number of hydrogen-bond acceptors (Lipinski definition) is 5. The van der Waals surface area contributed by atoms with E-state index in [1.807, 2.05) is 6.92 Å². The summed E-state index contributed by atoms with van der Waals surface area (Å²) >= 11 is 0. The molecule has 2 aromatic heterocycles. The number of amides is 1. The van der Waals surface area contributed by atoms with E-state index in [9.17, 15) is 30.8 Å². The fourth-order valence-corrected chi connectivity index (χ4v) is 5.73. The first-order chi connectivity index (χ1) is 16.9. The lowest BCUT2D eigenvalue weighted by molar-refractivity contribution is -0.137. The highest BCUT2D eigenvalue weighted by atomic mass is 32.2. The molecule has 190 valence electrons. The van der Waals surface area contributed by atoms with Crippen LogP contribution >= 0.6 is 0 Å². The van der Waals surface area contributed by atoms with Crippen molar-refractivity contribution in [3.63, 3.8) is 0 Å². The van der Waals surface area contributed by atoms with Gasteiger partial charge in [0.1, 0.15) is 11.9 Å². The van der Waals surface area contributed by atoms with Gasteiger partial charge in [0.2, 0.25) is 15.9 Å². The normalized spacial score (nSPS) is 18.8. The lowest BCUT2D eigenvalue weighted by atomic mass is 10.1. The van der Waals surface area contributed by atoms with Gasteiger partial charge < -0.3 is 5.32 Å². The van der Waals surface area contributed by atoms with Gasteiger partial charge in [-0.25, -0.2) is 12.8 Å². The Morgan fingerprint density at radius 1 is 1.11 bits per heavy atom. The Balaban J connectivity index is 1.46. The number of carbonyl (C=O) groups is 1. The van der Waals surface area contributed by atoms with Crippen LogP contribution in [0.15, 0.2) is 65.8 Å². The van der Waals surface area contributed by atoms with Crippen molar-refractivity contribution in [1.29, 1.82) is 0 Å². The number of nitrogens with zero attached hydrogens (tertiary/aromatic N) is 3. The smallest absolute Gasteiger partial charge is 0.349 e. The lowest BCUT2D eigenvalue weighted by Gasteiger charge is -2.23. The maximum absolute atomic E-state index is 13.3. The summed E-state index contributed by atoms with van der Waals surface area (Å²) in [4.78, 5) is 20.9. The molecule has 1 saturated heterocycles. The summed E-state index contributed by atoms with van der Waals surface area (Å²) in [6.07, 6.45) is -1.99. The molecule has 1 fully saturated rings. The van der Waals surface area contributed by atoms with Crippen molar-refractivity contribution in [3.8, 4) is 11.3 Å². The zero-order chi connectivity index (χ0) is 26.1. The van der Waals surface area contributed by atoms with Crippen LogP contribution in [-0.2, 0) is 27.5 Å². The van der Waals surface area contributed by atoms with Gasteiger partial charge in [-0.2, -0.15) is 17.5 Å². The van der Waals surface area contributed by atoms with Crippen molar-refractivity contribution in [2.75, 3.05) is 6.54 Å². The molecule has 1 amide bonds. The fraction of sp³-hybridized carbons (Fsp3) is 0.292. The average Bonchev–Trinajstić information content (AvgIpc) is 3.25. The summed E-state index contributed by atoms with van der Waals surface area (Å²) in [6.45, 7) is 1.95. The van der Waals surface area contributed by atoms with E-state index in [2.05, 4.69) is 15.3 Å². The first-order valence-electron chi connectivity index (χ1n) is 11.0.